The second-order valence-corrected chi connectivity index (χ2v) is 9.01. The van der Waals surface area contributed by atoms with Gasteiger partial charge in [0.15, 0.2) is 0 Å². The quantitative estimate of drug-likeness (QED) is 0.511. The van der Waals surface area contributed by atoms with E-state index in [1.54, 1.807) is 0 Å². The van der Waals surface area contributed by atoms with Gasteiger partial charge in [0.1, 0.15) is 0 Å². The molecule has 0 radical (unpaired) electrons. The first-order valence-corrected chi connectivity index (χ1v) is 11.5. The van der Waals surface area contributed by atoms with E-state index in [-0.39, 0.29) is 0 Å². The lowest BCUT2D eigenvalue weighted by Gasteiger charge is -2.20. The molecule has 2 aliphatic rings. The van der Waals surface area contributed by atoms with Gasteiger partial charge in [-0.15, -0.1) is 0 Å². The van der Waals surface area contributed by atoms with E-state index in [4.69, 9.17) is 9.98 Å². The fourth-order valence-corrected chi connectivity index (χ4v) is 4.66. The summed E-state index contributed by atoms with van der Waals surface area (Å²) in [7, 11) is 0. The third-order valence-corrected chi connectivity index (χ3v) is 6.58. The van der Waals surface area contributed by atoms with Crippen molar-refractivity contribution in [2.24, 2.45) is 21.8 Å². The van der Waals surface area contributed by atoms with Gasteiger partial charge >= 0.3 is 0 Å². The van der Waals surface area contributed by atoms with Gasteiger partial charge < -0.3 is 0 Å². The van der Waals surface area contributed by atoms with Gasteiger partial charge in [0.2, 0.25) is 0 Å². The van der Waals surface area contributed by atoms with Crippen LogP contribution in [0.15, 0.2) is 58.5 Å². The van der Waals surface area contributed by atoms with Gasteiger partial charge in [-0.2, -0.15) is 0 Å². The summed E-state index contributed by atoms with van der Waals surface area (Å²) in [6.45, 7) is 4.64. The molecule has 2 nitrogen and oxygen atoms in total. The highest BCUT2D eigenvalue weighted by atomic mass is 14.8. The van der Waals surface area contributed by atoms with E-state index in [2.05, 4.69) is 62.4 Å². The van der Waals surface area contributed by atoms with Crippen molar-refractivity contribution in [3.63, 3.8) is 0 Å². The molecule has 2 aromatic rings. The minimum Gasteiger partial charge on any atom is -0.258 e. The normalized spacial score (nSPS) is 25.4. The smallest absolute Gasteiger partial charge is 0.0632 e. The first kappa shape index (κ1) is 20.1. The Morgan fingerprint density at radius 1 is 0.690 bits per heavy atom. The molecule has 0 saturated heterocycles. The highest BCUT2D eigenvalue weighted by Crippen LogP contribution is 2.27. The maximum absolute atomic E-state index is 4.99. The molecule has 2 aliphatic carbocycles. The number of hydrogen-bond acceptors (Lipinski definition) is 2. The van der Waals surface area contributed by atoms with Crippen molar-refractivity contribution in [2.75, 3.05) is 0 Å². The Kier molecular flexibility index (Phi) is 6.59. The lowest BCUT2D eigenvalue weighted by atomic mass is 9.88. The monoisotopic (exact) mass is 386 g/mol. The summed E-state index contributed by atoms with van der Waals surface area (Å²) in [5.74, 6) is 1.27. The lowest BCUT2D eigenvalue weighted by molar-refractivity contribution is 0.560. The predicted octanol–water partition coefficient (Wildman–Crippen LogP) is 7.84. The second-order valence-electron chi connectivity index (χ2n) is 9.01. The molecule has 0 heterocycles. The number of aliphatic imine (C=N–C) groups is 2. The van der Waals surface area contributed by atoms with Gasteiger partial charge in [-0.05, 0) is 92.2 Å². The molecule has 0 aliphatic heterocycles. The standard InChI is InChI=1S/C27H34N2/c1-20-8-3-5-12-26(20)28-24-16-14-22(15-17-24)18-23-10-7-11-25(19-23)29-27-13-6-4-9-21(27)2/h7,10-11,14-17,19-21H,3-6,8-9,12-13,18H2,1-2H3. The van der Waals surface area contributed by atoms with Crippen LogP contribution in [0.3, 0.4) is 0 Å². The van der Waals surface area contributed by atoms with Crippen molar-refractivity contribution in [2.45, 2.75) is 71.6 Å². The van der Waals surface area contributed by atoms with Gasteiger partial charge in [0.25, 0.3) is 0 Å². The minimum absolute atomic E-state index is 0.633. The molecule has 4 rings (SSSR count). The number of rotatable bonds is 4. The number of hydrogen-bond donors (Lipinski definition) is 0. The van der Waals surface area contributed by atoms with E-state index in [0.29, 0.717) is 11.8 Å². The molecule has 2 aromatic carbocycles. The third-order valence-electron chi connectivity index (χ3n) is 6.58. The van der Waals surface area contributed by atoms with Crippen LogP contribution in [0, 0.1) is 11.8 Å². The zero-order valence-corrected chi connectivity index (χ0v) is 18.0. The molecule has 0 N–H and O–H groups in total. The van der Waals surface area contributed by atoms with Gasteiger partial charge in [0.05, 0.1) is 11.4 Å². The summed E-state index contributed by atoms with van der Waals surface area (Å²) in [4.78, 5) is 9.92. The van der Waals surface area contributed by atoms with Crippen molar-refractivity contribution < 1.29 is 0 Å². The SMILES string of the molecule is CC1CCCCC1=Nc1ccc(Cc2cccc(N=C3CCCCC3C)c2)cc1. The van der Waals surface area contributed by atoms with Crippen LogP contribution in [0.4, 0.5) is 11.4 Å². The fourth-order valence-electron chi connectivity index (χ4n) is 4.66. The molecule has 29 heavy (non-hydrogen) atoms. The highest BCUT2D eigenvalue weighted by molar-refractivity contribution is 5.90. The van der Waals surface area contributed by atoms with Gasteiger partial charge in [-0.25, -0.2) is 0 Å². The molecule has 152 valence electrons. The molecule has 0 bridgehead atoms. The zero-order chi connectivity index (χ0) is 20.1. The summed E-state index contributed by atoms with van der Waals surface area (Å²) < 4.78 is 0. The molecular formula is C27H34N2. The summed E-state index contributed by atoms with van der Waals surface area (Å²) in [5.41, 5.74) is 7.64. The third kappa shape index (κ3) is 5.44. The molecule has 0 amide bonds. The van der Waals surface area contributed by atoms with Crippen molar-refractivity contribution >= 4 is 22.8 Å². The van der Waals surface area contributed by atoms with Gasteiger partial charge in [-0.3, -0.25) is 9.98 Å². The van der Waals surface area contributed by atoms with Crippen molar-refractivity contribution in [1.82, 2.24) is 0 Å². The maximum atomic E-state index is 4.99. The molecule has 2 atom stereocenters. The highest BCUT2D eigenvalue weighted by Gasteiger charge is 2.16. The van der Waals surface area contributed by atoms with Crippen LogP contribution < -0.4 is 0 Å². The Morgan fingerprint density at radius 2 is 1.31 bits per heavy atom. The van der Waals surface area contributed by atoms with E-state index >= 15 is 0 Å². The fraction of sp³-hybridized carbons (Fsp3) is 0.481. The molecule has 2 saturated carbocycles. The van der Waals surface area contributed by atoms with E-state index in [0.717, 1.165) is 30.6 Å². The van der Waals surface area contributed by atoms with Crippen LogP contribution >= 0.6 is 0 Å². The molecule has 2 fully saturated rings. The van der Waals surface area contributed by atoms with Crippen LogP contribution in [0.25, 0.3) is 0 Å². The Morgan fingerprint density at radius 3 is 1.93 bits per heavy atom. The average molecular weight is 387 g/mol. The minimum atomic E-state index is 0.633. The van der Waals surface area contributed by atoms with Gasteiger partial charge in [-0.1, -0.05) is 51.0 Å². The first-order chi connectivity index (χ1) is 14.2. The topological polar surface area (TPSA) is 24.7 Å². The Labute approximate surface area is 176 Å². The Bertz CT molecular complexity index is 876. The lowest BCUT2D eigenvalue weighted by Crippen LogP contribution is -2.15. The van der Waals surface area contributed by atoms with Gasteiger partial charge in [0, 0.05) is 11.4 Å². The van der Waals surface area contributed by atoms with Crippen LogP contribution in [-0.2, 0) is 6.42 Å². The predicted molar refractivity (Wildman–Crippen MR) is 125 cm³/mol. The van der Waals surface area contributed by atoms with Crippen LogP contribution in [0.5, 0.6) is 0 Å². The molecule has 2 unspecified atom stereocenters. The Balaban J connectivity index is 1.44. The first-order valence-electron chi connectivity index (χ1n) is 11.5. The van der Waals surface area contributed by atoms with E-state index in [9.17, 15) is 0 Å². The number of benzene rings is 2. The van der Waals surface area contributed by atoms with Crippen molar-refractivity contribution in [1.29, 1.82) is 0 Å². The van der Waals surface area contributed by atoms with Crippen molar-refractivity contribution in [3.05, 3.63) is 59.7 Å². The molecule has 0 spiro atoms. The Hall–Kier alpha value is -2.22. The van der Waals surface area contributed by atoms with Crippen LogP contribution in [0.2, 0.25) is 0 Å². The summed E-state index contributed by atoms with van der Waals surface area (Å²) in [6, 6.07) is 17.6. The van der Waals surface area contributed by atoms with E-state index in [1.165, 1.54) is 61.1 Å². The maximum Gasteiger partial charge on any atom is 0.0632 e. The van der Waals surface area contributed by atoms with Crippen LogP contribution in [0.1, 0.15) is 76.3 Å². The summed E-state index contributed by atoms with van der Waals surface area (Å²) in [6.07, 6.45) is 11.1. The molecular weight excluding hydrogens is 352 g/mol. The van der Waals surface area contributed by atoms with Crippen molar-refractivity contribution in [3.8, 4) is 0 Å². The van der Waals surface area contributed by atoms with E-state index in [1.807, 2.05) is 0 Å². The molecule has 2 heteroatoms. The summed E-state index contributed by atoms with van der Waals surface area (Å²) in [5, 5.41) is 0. The summed E-state index contributed by atoms with van der Waals surface area (Å²) >= 11 is 0. The largest absolute Gasteiger partial charge is 0.258 e. The average Bonchev–Trinajstić information content (AvgIpc) is 2.73. The van der Waals surface area contributed by atoms with E-state index < -0.39 is 0 Å². The zero-order valence-electron chi connectivity index (χ0n) is 18.0. The molecule has 0 aromatic heterocycles. The second kappa shape index (κ2) is 9.52. The van der Waals surface area contributed by atoms with Crippen LogP contribution in [-0.4, -0.2) is 11.4 Å². The number of nitrogens with zero attached hydrogens (tertiary/aromatic N) is 2.